The van der Waals surface area contributed by atoms with Crippen molar-refractivity contribution in [1.82, 2.24) is 14.5 Å². The summed E-state index contributed by atoms with van der Waals surface area (Å²) in [6, 6.07) is 7.93. The lowest BCUT2D eigenvalue weighted by molar-refractivity contribution is -0.662. The summed E-state index contributed by atoms with van der Waals surface area (Å²) in [6.45, 7) is -0.848. The molecule has 4 nitrogen and oxygen atoms in total. The lowest BCUT2D eigenvalue weighted by Crippen LogP contribution is -2.32. The first-order valence-electron chi connectivity index (χ1n) is 11.9. The maximum Gasteiger partial charge on any atom is 0.287 e. The third kappa shape index (κ3) is 2.26. The zero-order chi connectivity index (χ0) is 23.9. The van der Waals surface area contributed by atoms with Gasteiger partial charge in [-0.25, -0.2) is 9.55 Å². The van der Waals surface area contributed by atoms with E-state index < -0.39 is 13.7 Å². The van der Waals surface area contributed by atoms with Gasteiger partial charge < -0.3 is 4.57 Å². The molecule has 27 heavy (non-hydrogen) atoms. The molecular formula is C23H23N4+. The molecule has 0 bridgehead atoms. The zero-order valence-corrected chi connectivity index (χ0v) is 15.5. The first-order valence-corrected chi connectivity index (χ1v) is 8.87. The summed E-state index contributed by atoms with van der Waals surface area (Å²) in [5, 5.41) is 0.917. The van der Waals surface area contributed by atoms with Gasteiger partial charge in [-0.15, -0.1) is 0 Å². The monoisotopic (exact) mass is 361 g/mol. The van der Waals surface area contributed by atoms with Gasteiger partial charge in [0, 0.05) is 26.4 Å². The largest absolute Gasteiger partial charge is 0.303 e. The predicted octanol–water partition coefficient (Wildman–Crippen LogP) is 4.42. The highest BCUT2D eigenvalue weighted by Crippen LogP contribution is 2.35. The van der Waals surface area contributed by atoms with Crippen molar-refractivity contribution in [2.75, 3.05) is 0 Å². The van der Waals surface area contributed by atoms with Crippen LogP contribution in [0, 0.1) is 20.7 Å². The Hall–Kier alpha value is -3.01. The predicted molar refractivity (Wildman–Crippen MR) is 110 cm³/mol. The number of aromatic nitrogens is 4. The van der Waals surface area contributed by atoms with E-state index in [0.717, 1.165) is 27.7 Å². The molecule has 1 aliphatic rings. The molecule has 0 radical (unpaired) electrons. The number of hydrogen-bond donors (Lipinski definition) is 0. The van der Waals surface area contributed by atoms with Gasteiger partial charge in [0.1, 0.15) is 11.5 Å². The number of imidazole rings is 1. The van der Waals surface area contributed by atoms with E-state index in [1.807, 2.05) is 42.8 Å². The molecule has 0 amide bonds. The van der Waals surface area contributed by atoms with Crippen LogP contribution in [0.4, 0.5) is 0 Å². The average Bonchev–Trinajstić information content (AvgIpc) is 3.25. The van der Waals surface area contributed by atoms with E-state index >= 15 is 0 Å². The quantitative estimate of drug-likeness (QED) is 0.471. The Morgan fingerprint density at radius 2 is 2.00 bits per heavy atom. The topological polar surface area (TPSA) is 34.6 Å². The molecule has 0 spiro atoms. The highest BCUT2D eigenvalue weighted by atomic mass is 15.1. The van der Waals surface area contributed by atoms with Crippen LogP contribution in [0.3, 0.4) is 0 Å². The van der Waals surface area contributed by atoms with Gasteiger partial charge in [0.05, 0.1) is 23.5 Å². The fraction of sp³-hybridized carbons (Fsp3) is 0.261. The van der Waals surface area contributed by atoms with Crippen LogP contribution in [-0.4, -0.2) is 14.5 Å². The fourth-order valence-electron chi connectivity index (χ4n) is 3.97. The van der Waals surface area contributed by atoms with E-state index in [1.54, 1.807) is 17.8 Å². The molecule has 0 N–H and O–H groups in total. The molecule has 134 valence electrons. The summed E-state index contributed by atoms with van der Waals surface area (Å²) in [5.74, 6) is 0.540. The second kappa shape index (κ2) is 5.49. The molecule has 0 fully saturated rings. The van der Waals surface area contributed by atoms with Crippen LogP contribution in [0.15, 0.2) is 36.2 Å². The normalized spacial score (nSPS) is 17.7. The maximum absolute atomic E-state index is 8.32. The second-order valence-electron chi connectivity index (χ2n) is 7.25. The molecule has 2 aromatic heterocycles. The van der Waals surface area contributed by atoms with E-state index in [9.17, 15) is 0 Å². The molecule has 2 aromatic carbocycles. The molecule has 3 heterocycles. The summed E-state index contributed by atoms with van der Waals surface area (Å²) >= 11 is 0. The number of nitrogens with zero attached hydrogens (tertiary/aromatic N) is 4. The van der Waals surface area contributed by atoms with Crippen molar-refractivity contribution in [2.24, 2.45) is 7.05 Å². The van der Waals surface area contributed by atoms with Crippen molar-refractivity contribution in [1.29, 1.82) is 0 Å². The number of hydrogen-bond acceptors (Lipinski definition) is 2. The molecule has 0 atom stereocenters. The third-order valence-corrected chi connectivity index (χ3v) is 5.33. The Morgan fingerprint density at radius 1 is 1.11 bits per heavy atom. The van der Waals surface area contributed by atoms with E-state index in [0.29, 0.717) is 22.4 Å². The molecule has 0 unspecified atom stereocenters. The Balaban J connectivity index is 1.87. The van der Waals surface area contributed by atoms with Crippen LogP contribution < -0.4 is 4.57 Å². The summed E-state index contributed by atoms with van der Waals surface area (Å²) in [6.07, 6.45) is 3.43. The van der Waals surface area contributed by atoms with E-state index in [1.165, 1.54) is 6.20 Å². The van der Waals surface area contributed by atoms with Crippen LogP contribution >= 0.6 is 0 Å². The Labute approximate surface area is 167 Å². The molecular weight excluding hydrogens is 332 g/mol. The van der Waals surface area contributed by atoms with Crippen LogP contribution in [-0.2, 0) is 13.5 Å². The lowest BCUT2D eigenvalue weighted by atomic mass is 9.96. The summed E-state index contributed by atoms with van der Waals surface area (Å²) in [4.78, 5) is 9.20. The summed E-state index contributed by atoms with van der Waals surface area (Å²) in [5.41, 5.74) is 5.59. The highest BCUT2D eigenvalue weighted by Gasteiger charge is 2.23. The van der Waals surface area contributed by atoms with Crippen molar-refractivity contribution in [2.45, 2.75) is 34.0 Å². The number of fused-ring (bicyclic) bond motifs is 4. The number of allylic oxidation sites excluding steroid dienone is 1. The molecule has 4 heteroatoms. The Bertz CT molecular complexity index is 1490. The number of aryl methyl sites for hydroxylation is 3. The molecule has 0 aliphatic carbocycles. The third-order valence-electron chi connectivity index (χ3n) is 5.33. The van der Waals surface area contributed by atoms with Crippen molar-refractivity contribution in [3.8, 4) is 11.3 Å². The van der Waals surface area contributed by atoms with Crippen molar-refractivity contribution in [3.63, 3.8) is 0 Å². The minimum absolute atomic E-state index is 0.172. The molecule has 4 aromatic rings. The van der Waals surface area contributed by atoms with Crippen molar-refractivity contribution in [3.05, 3.63) is 58.7 Å². The first-order chi connectivity index (χ1) is 15.4. The number of rotatable bonds is 1. The van der Waals surface area contributed by atoms with Crippen molar-refractivity contribution >= 4 is 28.1 Å². The summed E-state index contributed by atoms with van der Waals surface area (Å²) in [7, 11) is 1.89. The fourth-order valence-corrected chi connectivity index (χ4v) is 3.97. The Morgan fingerprint density at radius 3 is 2.81 bits per heavy atom. The average molecular weight is 362 g/mol. The molecule has 1 aliphatic heterocycles. The van der Waals surface area contributed by atoms with Gasteiger partial charge in [-0.3, -0.25) is 0 Å². The standard InChI is InChI=1S/C23H23N4/c1-13-6-7-17-19(8-13)24-12-26(5)23(17)18-10-20-22(16(4)15(18)3)27-11-14(2)9-21(27)25-20/h6-8,10-12H,9H2,1-5H3/q+1/i2D3,4D3. The SMILES string of the molecule is [2H]C([2H])([2H])C1=Cn2c(nc3cc(-c4c5ccc(C)cc5nc[n+]4C)c(C)c(C([2H])([2H])[2H])c32)C1. The Kier molecular flexibility index (Phi) is 2.23. The van der Waals surface area contributed by atoms with Gasteiger partial charge in [-0.05, 0) is 73.0 Å². The van der Waals surface area contributed by atoms with Crippen LogP contribution in [0.1, 0.15) is 37.6 Å². The minimum Gasteiger partial charge on any atom is -0.303 e. The van der Waals surface area contributed by atoms with Crippen LogP contribution in [0.25, 0.3) is 39.4 Å². The lowest BCUT2D eigenvalue weighted by Gasteiger charge is -2.13. The van der Waals surface area contributed by atoms with E-state index in [4.69, 9.17) is 8.22 Å². The van der Waals surface area contributed by atoms with Gasteiger partial charge in [0.2, 0.25) is 0 Å². The first kappa shape index (κ1) is 11.0. The highest BCUT2D eigenvalue weighted by molar-refractivity contribution is 5.96. The van der Waals surface area contributed by atoms with Crippen LogP contribution in [0.2, 0.25) is 0 Å². The maximum atomic E-state index is 8.32. The number of benzene rings is 2. The second-order valence-corrected chi connectivity index (χ2v) is 7.25. The molecule has 0 saturated carbocycles. The van der Waals surface area contributed by atoms with E-state index in [-0.39, 0.29) is 17.6 Å². The zero-order valence-electron chi connectivity index (χ0n) is 21.5. The van der Waals surface area contributed by atoms with Gasteiger partial charge in [-0.1, -0.05) is 6.07 Å². The molecule has 0 saturated heterocycles. The van der Waals surface area contributed by atoms with Gasteiger partial charge in [0.15, 0.2) is 5.52 Å². The van der Waals surface area contributed by atoms with Crippen LogP contribution in [0.5, 0.6) is 0 Å². The van der Waals surface area contributed by atoms with Gasteiger partial charge >= 0.3 is 0 Å². The van der Waals surface area contributed by atoms with Gasteiger partial charge in [0.25, 0.3) is 6.33 Å². The smallest absolute Gasteiger partial charge is 0.287 e. The van der Waals surface area contributed by atoms with E-state index in [2.05, 4.69) is 9.97 Å². The molecule has 5 rings (SSSR count). The van der Waals surface area contributed by atoms with Crippen molar-refractivity contribution < 1.29 is 12.8 Å². The van der Waals surface area contributed by atoms with Gasteiger partial charge in [-0.2, -0.15) is 0 Å². The summed E-state index contributed by atoms with van der Waals surface area (Å²) < 4.78 is 51.7. The minimum atomic E-state index is -2.41.